The highest BCUT2D eigenvalue weighted by atomic mass is 16.5. The van der Waals surface area contributed by atoms with Crippen molar-refractivity contribution in [2.24, 2.45) is 0 Å². The van der Waals surface area contributed by atoms with Crippen LogP contribution >= 0.6 is 0 Å². The normalized spacial score (nSPS) is 10.2. The van der Waals surface area contributed by atoms with Crippen LogP contribution in [0.3, 0.4) is 0 Å². The summed E-state index contributed by atoms with van der Waals surface area (Å²) in [4.78, 5) is 11.5. The maximum absolute atomic E-state index is 11.5. The molecule has 0 spiro atoms. The molecule has 0 bridgehead atoms. The largest absolute Gasteiger partial charge is 0.489 e. The Morgan fingerprint density at radius 1 is 0.769 bits per heavy atom. The minimum absolute atomic E-state index is 0.229. The number of methoxy groups -OCH3 is 1. The lowest BCUT2D eigenvalue weighted by Gasteiger charge is -2.12. The fourth-order valence-corrected chi connectivity index (χ4v) is 2.51. The van der Waals surface area contributed by atoms with Crippen molar-refractivity contribution in [3.05, 3.63) is 90.0 Å². The Morgan fingerprint density at radius 3 is 2.19 bits per heavy atom. The van der Waals surface area contributed by atoms with E-state index in [0.29, 0.717) is 18.1 Å². The molecule has 0 aliphatic heterocycles. The van der Waals surface area contributed by atoms with E-state index in [9.17, 15) is 4.79 Å². The summed E-state index contributed by atoms with van der Waals surface area (Å²) in [5, 5.41) is 0. The zero-order chi connectivity index (χ0) is 18.2. The predicted octanol–water partition coefficient (Wildman–Crippen LogP) is 4.77. The third-order valence-electron chi connectivity index (χ3n) is 3.86. The highest BCUT2D eigenvalue weighted by molar-refractivity contribution is 5.72. The van der Waals surface area contributed by atoms with Crippen molar-refractivity contribution in [1.29, 1.82) is 0 Å². The molecule has 0 aliphatic carbocycles. The van der Waals surface area contributed by atoms with E-state index < -0.39 is 0 Å². The molecular weight excluding hydrogens is 328 g/mol. The van der Waals surface area contributed by atoms with Crippen LogP contribution < -0.4 is 9.47 Å². The first-order valence-corrected chi connectivity index (χ1v) is 8.34. The van der Waals surface area contributed by atoms with Gasteiger partial charge in [-0.3, -0.25) is 4.79 Å². The van der Waals surface area contributed by atoms with Crippen LogP contribution in [0.1, 0.15) is 11.1 Å². The first kappa shape index (κ1) is 17.5. The maximum atomic E-state index is 11.5. The molecular formula is C22H20O4. The Balaban J connectivity index is 1.67. The Kier molecular flexibility index (Phi) is 5.88. The maximum Gasteiger partial charge on any atom is 0.309 e. The molecule has 0 atom stereocenters. The zero-order valence-corrected chi connectivity index (χ0v) is 14.6. The summed E-state index contributed by atoms with van der Waals surface area (Å²) in [6, 6.07) is 24.8. The molecule has 0 aromatic heterocycles. The van der Waals surface area contributed by atoms with E-state index in [0.717, 1.165) is 16.9 Å². The van der Waals surface area contributed by atoms with Crippen molar-refractivity contribution >= 4 is 5.97 Å². The molecule has 132 valence electrons. The van der Waals surface area contributed by atoms with E-state index in [1.165, 1.54) is 7.11 Å². The molecule has 3 aromatic rings. The van der Waals surface area contributed by atoms with Gasteiger partial charge in [0.25, 0.3) is 0 Å². The zero-order valence-electron chi connectivity index (χ0n) is 14.6. The van der Waals surface area contributed by atoms with Crippen LogP contribution in [-0.2, 0) is 22.6 Å². The molecule has 0 radical (unpaired) electrons. The smallest absolute Gasteiger partial charge is 0.309 e. The van der Waals surface area contributed by atoms with Crippen molar-refractivity contribution in [3.8, 4) is 17.2 Å². The number of rotatable bonds is 7. The average molecular weight is 348 g/mol. The van der Waals surface area contributed by atoms with Gasteiger partial charge < -0.3 is 14.2 Å². The van der Waals surface area contributed by atoms with Crippen molar-refractivity contribution in [2.75, 3.05) is 7.11 Å². The molecule has 0 N–H and O–H groups in total. The lowest BCUT2D eigenvalue weighted by atomic mass is 10.1. The van der Waals surface area contributed by atoms with E-state index >= 15 is 0 Å². The Labute approximate surface area is 153 Å². The Bertz CT molecular complexity index is 859. The monoisotopic (exact) mass is 348 g/mol. The van der Waals surface area contributed by atoms with Crippen LogP contribution in [0, 0.1) is 0 Å². The van der Waals surface area contributed by atoms with Crippen LogP contribution in [0.2, 0.25) is 0 Å². The standard InChI is InChI=1S/C22H20O4/c1-24-22(23)14-17-8-5-6-9-18(17)16-25-20-12-7-13-21(15-20)26-19-10-3-2-4-11-19/h2-13,15H,14,16H2,1H3. The van der Waals surface area contributed by atoms with E-state index in [2.05, 4.69) is 0 Å². The number of hydrogen-bond donors (Lipinski definition) is 0. The summed E-state index contributed by atoms with van der Waals surface area (Å²) < 4.78 is 16.5. The third kappa shape index (κ3) is 4.86. The number of carbonyl (C=O) groups is 1. The van der Waals surface area contributed by atoms with Crippen molar-refractivity contribution in [1.82, 2.24) is 0 Å². The first-order valence-electron chi connectivity index (χ1n) is 8.34. The topological polar surface area (TPSA) is 44.8 Å². The molecule has 4 heteroatoms. The molecule has 26 heavy (non-hydrogen) atoms. The lowest BCUT2D eigenvalue weighted by molar-refractivity contribution is -0.139. The van der Waals surface area contributed by atoms with Gasteiger partial charge in [0.1, 0.15) is 23.9 Å². The van der Waals surface area contributed by atoms with Crippen LogP contribution in [0.4, 0.5) is 0 Å². The number of hydrogen-bond acceptors (Lipinski definition) is 4. The van der Waals surface area contributed by atoms with E-state index in [1.807, 2.05) is 78.9 Å². The summed E-state index contributed by atoms with van der Waals surface area (Å²) in [7, 11) is 1.39. The predicted molar refractivity (Wildman–Crippen MR) is 99.5 cm³/mol. The number of benzene rings is 3. The minimum atomic E-state index is -0.268. The van der Waals surface area contributed by atoms with E-state index in [1.54, 1.807) is 0 Å². The SMILES string of the molecule is COC(=O)Cc1ccccc1COc1cccc(Oc2ccccc2)c1. The molecule has 0 fully saturated rings. The van der Waals surface area contributed by atoms with Gasteiger partial charge >= 0.3 is 5.97 Å². The summed E-state index contributed by atoms with van der Waals surface area (Å²) in [6.45, 7) is 0.363. The first-order chi connectivity index (χ1) is 12.7. The summed E-state index contributed by atoms with van der Waals surface area (Å²) in [6.07, 6.45) is 0.229. The second-order valence-corrected chi connectivity index (χ2v) is 5.70. The summed E-state index contributed by atoms with van der Waals surface area (Å²) in [5.41, 5.74) is 1.85. The fraction of sp³-hybridized carbons (Fsp3) is 0.136. The van der Waals surface area contributed by atoms with Crippen LogP contribution in [0.5, 0.6) is 17.2 Å². The molecule has 0 unspecified atom stereocenters. The third-order valence-corrected chi connectivity index (χ3v) is 3.86. The fourth-order valence-electron chi connectivity index (χ4n) is 2.51. The van der Waals surface area contributed by atoms with Gasteiger partial charge in [0, 0.05) is 6.07 Å². The number of carbonyl (C=O) groups excluding carboxylic acids is 1. The van der Waals surface area contributed by atoms with Crippen LogP contribution in [0.15, 0.2) is 78.9 Å². The Morgan fingerprint density at radius 2 is 1.42 bits per heavy atom. The van der Waals surface area contributed by atoms with Crippen molar-refractivity contribution in [2.45, 2.75) is 13.0 Å². The second-order valence-electron chi connectivity index (χ2n) is 5.70. The van der Waals surface area contributed by atoms with Gasteiger partial charge in [0.2, 0.25) is 0 Å². The molecule has 0 saturated heterocycles. The lowest BCUT2D eigenvalue weighted by Crippen LogP contribution is -2.08. The van der Waals surface area contributed by atoms with Gasteiger partial charge in [-0.1, -0.05) is 48.5 Å². The number of ether oxygens (including phenoxy) is 3. The molecule has 3 aromatic carbocycles. The Hall–Kier alpha value is -3.27. The minimum Gasteiger partial charge on any atom is -0.489 e. The second kappa shape index (κ2) is 8.72. The van der Waals surface area contributed by atoms with Gasteiger partial charge in [-0.2, -0.15) is 0 Å². The molecule has 0 aliphatic rings. The highest BCUT2D eigenvalue weighted by Gasteiger charge is 2.08. The van der Waals surface area contributed by atoms with Gasteiger partial charge in [0.05, 0.1) is 13.5 Å². The molecule has 0 saturated carbocycles. The van der Waals surface area contributed by atoms with E-state index in [-0.39, 0.29) is 12.4 Å². The summed E-state index contributed by atoms with van der Waals surface area (Å²) >= 11 is 0. The van der Waals surface area contributed by atoms with Crippen molar-refractivity contribution < 1.29 is 19.0 Å². The molecule has 0 heterocycles. The average Bonchev–Trinajstić information content (AvgIpc) is 2.68. The van der Waals surface area contributed by atoms with Gasteiger partial charge in [-0.25, -0.2) is 0 Å². The van der Waals surface area contributed by atoms with Gasteiger partial charge in [-0.05, 0) is 35.4 Å². The number of esters is 1. The summed E-state index contributed by atoms with van der Waals surface area (Å²) in [5.74, 6) is 1.91. The quantitative estimate of drug-likeness (QED) is 0.577. The van der Waals surface area contributed by atoms with Crippen molar-refractivity contribution in [3.63, 3.8) is 0 Å². The molecule has 4 nitrogen and oxygen atoms in total. The van der Waals surface area contributed by atoms with E-state index in [4.69, 9.17) is 14.2 Å². The van der Waals surface area contributed by atoms with Gasteiger partial charge in [0.15, 0.2) is 0 Å². The van der Waals surface area contributed by atoms with Crippen LogP contribution in [0.25, 0.3) is 0 Å². The number of para-hydroxylation sites is 1. The molecule has 3 rings (SSSR count). The highest BCUT2D eigenvalue weighted by Crippen LogP contribution is 2.25. The van der Waals surface area contributed by atoms with Crippen LogP contribution in [-0.4, -0.2) is 13.1 Å². The molecule has 0 amide bonds. The van der Waals surface area contributed by atoms with Gasteiger partial charge in [-0.15, -0.1) is 0 Å².